The lowest BCUT2D eigenvalue weighted by Crippen LogP contribution is -2.33. The second kappa shape index (κ2) is 8.34. The number of methoxy groups -OCH3 is 1. The van der Waals surface area contributed by atoms with Crippen LogP contribution in [0.4, 0.5) is 20.3 Å². The van der Waals surface area contributed by atoms with Gasteiger partial charge in [0, 0.05) is 25.4 Å². The van der Waals surface area contributed by atoms with Gasteiger partial charge in [-0.1, -0.05) is 18.2 Å². The highest BCUT2D eigenvalue weighted by atomic mass is 19.2. The van der Waals surface area contributed by atoms with Crippen LogP contribution in [0.5, 0.6) is 11.5 Å². The lowest BCUT2D eigenvalue weighted by atomic mass is 10.1. The molecule has 0 fully saturated rings. The molecule has 1 aromatic heterocycles. The largest absolute Gasteiger partial charge is 0.497 e. The van der Waals surface area contributed by atoms with E-state index in [1.165, 1.54) is 6.07 Å². The molecule has 0 unspecified atom stereocenters. The van der Waals surface area contributed by atoms with Crippen molar-refractivity contribution in [2.45, 2.75) is 13.1 Å². The molecule has 0 spiro atoms. The van der Waals surface area contributed by atoms with Crippen LogP contribution < -0.4 is 19.7 Å². The number of halogens is 2. The van der Waals surface area contributed by atoms with Crippen molar-refractivity contribution < 1.29 is 18.3 Å². The Labute approximate surface area is 167 Å². The standard InChI is InChI=1S/C22H21F2N3O2/c1-28-17-5-2-15(3-6-17)13-26-22-21-20(8-9-25-22)29-11-10-27(21)14-16-4-7-18(23)19(24)12-16/h2-9,12H,10-11,13-14H2,1H3,(H,25,26). The van der Waals surface area contributed by atoms with Crippen molar-refractivity contribution >= 4 is 11.5 Å². The highest BCUT2D eigenvalue weighted by Gasteiger charge is 2.23. The number of pyridine rings is 1. The molecule has 29 heavy (non-hydrogen) atoms. The average molecular weight is 397 g/mol. The Kier molecular flexibility index (Phi) is 5.46. The lowest BCUT2D eigenvalue weighted by Gasteiger charge is -2.32. The zero-order chi connectivity index (χ0) is 20.2. The number of nitrogens with one attached hydrogen (secondary N) is 1. The van der Waals surface area contributed by atoms with Crippen LogP contribution in [0.25, 0.3) is 0 Å². The van der Waals surface area contributed by atoms with Gasteiger partial charge in [-0.3, -0.25) is 0 Å². The minimum absolute atomic E-state index is 0.427. The van der Waals surface area contributed by atoms with E-state index in [9.17, 15) is 8.78 Å². The molecule has 5 nitrogen and oxygen atoms in total. The third kappa shape index (κ3) is 4.23. The van der Waals surface area contributed by atoms with Gasteiger partial charge in [-0.15, -0.1) is 0 Å². The van der Waals surface area contributed by atoms with Gasteiger partial charge >= 0.3 is 0 Å². The first kappa shape index (κ1) is 19.0. The summed E-state index contributed by atoms with van der Waals surface area (Å²) >= 11 is 0. The maximum Gasteiger partial charge on any atom is 0.159 e. The van der Waals surface area contributed by atoms with Crippen molar-refractivity contribution in [1.29, 1.82) is 0 Å². The van der Waals surface area contributed by atoms with Crippen LogP contribution in [-0.4, -0.2) is 25.2 Å². The van der Waals surface area contributed by atoms with Crippen LogP contribution in [0.2, 0.25) is 0 Å². The summed E-state index contributed by atoms with van der Waals surface area (Å²) in [5.74, 6) is 0.501. The van der Waals surface area contributed by atoms with Crippen molar-refractivity contribution in [1.82, 2.24) is 4.98 Å². The van der Waals surface area contributed by atoms with Crippen molar-refractivity contribution in [3.8, 4) is 11.5 Å². The predicted octanol–water partition coefficient (Wildman–Crippen LogP) is 4.38. The molecule has 0 bridgehead atoms. The number of aromatic nitrogens is 1. The van der Waals surface area contributed by atoms with Crippen LogP contribution in [0, 0.1) is 11.6 Å². The van der Waals surface area contributed by atoms with Crippen LogP contribution in [0.15, 0.2) is 54.7 Å². The van der Waals surface area contributed by atoms with E-state index in [1.807, 2.05) is 30.3 Å². The van der Waals surface area contributed by atoms with E-state index >= 15 is 0 Å². The fourth-order valence-electron chi connectivity index (χ4n) is 3.31. The summed E-state index contributed by atoms with van der Waals surface area (Å²) in [4.78, 5) is 6.54. The Morgan fingerprint density at radius 2 is 1.86 bits per heavy atom. The SMILES string of the molecule is COc1ccc(CNc2nccc3c2N(Cc2ccc(F)c(F)c2)CCO3)cc1. The van der Waals surface area contributed by atoms with Gasteiger partial charge in [0.05, 0.1) is 13.7 Å². The zero-order valence-electron chi connectivity index (χ0n) is 16.0. The Morgan fingerprint density at radius 1 is 1.07 bits per heavy atom. The second-order valence-corrected chi connectivity index (χ2v) is 6.73. The number of rotatable bonds is 6. The number of ether oxygens (including phenoxy) is 2. The number of hydrogen-bond acceptors (Lipinski definition) is 5. The molecule has 2 heterocycles. The molecular formula is C22H21F2N3O2. The predicted molar refractivity (Wildman–Crippen MR) is 107 cm³/mol. The minimum atomic E-state index is -0.848. The molecule has 4 rings (SSSR count). The Morgan fingerprint density at radius 3 is 2.62 bits per heavy atom. The van der Waals surface area contributed by atoms with E-state index in [2.05, 4.69) is 15.2 Å². The van der Waals surface area contributed by atoms with E-state index in [0.29, 0.717) is 43.4 Å². The van der Waals surface area contributed by atoms with Crippen LogP contribution in [0.1, 0.15) is 11.1 Å². The van der Waals surface area contributed by atoms with E-state index in [-0.39, 0.29) is 0 Å². The second-order valence-electron chi connectivity index (χ2n) is 6.73. The van der Waals surface area contributed by atoms with E-state index in [0.717, 1.165) is 23.1 Å². The molecule has 0 saturated carbocycles. The quantitative estimate of drug-likeness (QED) is 0.669. The molecule has 0 amide bonds. The van der Waals surface area contributed by atoms with Gasteiger partial charge in [-0.2, -0.15) is 0 Å². The molecule has 1 aliphatic rings. The maximum absolute atomic E-state index is 13.6. The molecule has 0 radical (unpaired) electrons. The molecule has 0 aliphatic carbocycles. The van der Waals surface area contributed by atoms with E-state index < -0.39 is 11.6 Å². The van der Waals surface area contributed by atoms with Gasteiger partial charge in [0.15, 0.2) is 17.5 Å². The highest BCUT2D eigenvalue weighted by molar-refractivity contribution is 5.74. The molecule has 7 heteroatoms. The van der Waals surface area contributed by atoms with Crippen LogP contribution >= 0.6 is 0 Å². The summed E-state index contributed by atoms with van der Waals surface area (Å²) in [5.41, 5.74) is 2.58. The first-order valence-corrected chi connectivity index (χ1v) is 9.31. The average Bonchev–Trinajstić information content (AvgIpc) is 2.75. The first-order chi connectivity index (χ1) is 14.1. The maximum atomic E-state index is 13.6. The van der Waals surface area contributed by atoms with Crippen molar-refractivity contribution in [3.05, 3.63) is 77.5 Å². The molecule has 2 aromatic carbocycles. The molecule has 1 N–H and O–H groups in total. The Balaban J connectivity index is 1.55. The molecule has 0 saturated heterocycles. The van der Waals surface area contributed by atoms with Gasteiger partial charge in [0.1, 0.15) is 23.8 Å². The monoisotopic (exact) mass is 397 g/mol. The summed E-state index contributed by atoms with van der Waals surface area (Å²) in [7, 11) is 1.63. The Hall–Kier alpha value is -3.35. The van der Waals surface area contributed by atoms with Crippen molar-refractivity contribution in [2.24, 2.45) is 0 Å². The third-order valence-electron chi connectivity index (χ3n) is 4.80. The molecule has 3 aromatic rings. The van der Waals surface area contributed by atoms with Gasteiger partial charge in [-0.25, -0.2) is 13.8 Å². The van der Waals surface area contributed by atoms with Gasteiger partial charge in [0.2, 0.25) is 0 Å². The number of hydrogen-bond donors (Lipinski definition) is 1. The fraction of sp³-hybridized carbons (Fsp3) is 0.227. The Bertz CT molecular complexity index is 996. The summed E-state index contributed by atoms with van der Waals surface area (Å²) in [6, 6.07) is 13.6. The summed E-state index contributed by atoms with van der Waals surface area (Å²) in [6.45, 7) is 2.14. The van der Waals surface area contributed by atoms with Crippen LogP contribution in [0.3, 0.4) is 0 Å². The molecule has 1 aliphatic heterocycles. The summed E-state index contributed by atoms with van der Waals surface area (Å²) in [6.07, 6.45) is 1.69. The van der Waals surface area contributed by atoms with Crippen LogP contribution in [-0.2, 0) is 13.1 Å². The third-order valence-corrected chi connectivity index (χ3v) is 4.80. The number of fused-ring (bicyclic) bond motifs is 1. The van der Waals surface area contributed by atoms with Gasteiger partial charge in [-0.05, 0) is 35.4 Å². The van der Waals surface area contributed by atoms with E-state index in [1.54, 1.807) is 19.4 Å². The topological polar surface area (TPSA) is 46.6 Å². The van der Waals surface area contributed by atoms with Gasteiger partial charge in [0.25, 0.3) is 0 Å². The van der Waals surface area contributed by atoms with Crippen molar-refractivity contribution in [2.75, 3.05) is 30.5 Å². The summed E-state index contributed by atoms with van der Waals surface area (Å²) in [5, 5.41) is 3.36. The number of benzene rings is 2. The fourth-order valence-corrected chi connectivity index (χ4v) is 3.31. The van der Waals surface area contributed by atoms with Gasteiger partial charge < -0.3 is 19.7 Å². The molecule has 150 valence electrons. The summed E-state index contributed by atoms with van der Waals surface area (Å²) < 4.78 is 37.8. The minimum Gasteiger partial charge on any atom is -0.497 e. The molecular weight excluding hydrogens is 376 g/mol. The number of anilines is 2. The number of nitrogens with zero attached hydrogens (tertiary/aromatic N) is 2. The normalized spacial score (nSPS) is 12.9. The first-order valence-electron chi connectivity index (χ1n) is 9.31. The zero-order valence-corrected chi connectivity index (χ0v) is 16.0. The smallest absolute Gasteiger partial charge is 0.159 e. The van der Waals surface area contributed by atoms with Crippen molar-refractivity contribution in [3.63, 3.8) is 0 Å². The lowest BCUT2D eigenvalue weighted by molar-refractivity contribution is 0.306. The highest BCUT2D eigenvalue weighted by Crippen LogP contribution is 2.38. The van der Waals surface area contributed by atoms with E-state index in [4.69, 9.17) is 9.47 Å². The molecule has 0 atom stereocenters.